The van der Waals surface area contributed by atoms with Gasteiger partial charge in [-0.25, -0.2) is 4.98 Å². The second-order valence-electron chi connectivity index (χ2n) is 4.42. The van der Waals surface area contributed by atoms with Gasteiger partial charge < -0.3 is 4.74 Å². The van der Waals surface area contributed by atoms with Gasteiger partial charge in [0, 0.05) is 12.3 Å². The van der Waals surface area contributed by atoms with Gasteiger partial charge in [-0.2, -0.15) is 0 Å². The molecule has 0 N–H and O–H groups in total. The Morgan fingerprint density at radius 1 is 1.29 bits per heavy atom. The summed E-state index contributed by atoms with van der Waals surface area (Å²) in [5.74, 6) is 0.651. The highest BCUT2D eigenvalue weighted by molar-refractivity contribution is 5.69. The summed E-state index contributed by atoms with van der Waals surface area (Å²) in [5, 5.41) is 0. The molecule has 2 aromatic rings. The average Bonchev–Trinajstić information content (AvgIpc) is 2.34. The van der Waals surface area contributed by atoms with Crippen LogP contribution in [0.2, 0.25) is 0 Å². The van der Waals surface area contributed by atoms with E-state index in [0.717, 1.165) is 12.0 Å². The van der Waals surface area contributed by atoms with Crippen LogP contribution >= 0.6 is 0 Å². The van der Waals surface area contributed by atoms with Crippen LogP contribution in [0.25, 0.3) is 11.1 Å². The first-order chi connectivity index (χ1) is 8.28. The van der Waals surface area contributed by atoms with Crippen LogP contribution in [0, 0.1) is 13.0 Å². The number of fused-ring (bicyclic) bond motifs is 1. The zero-order valence-corrected chi connectivity index (χ0v) is 10.1. The first-order valence-electron chi connectivity index (χ1n) is 5.83. The maximum absolute atomic E-state index is 5.16. The van der Waals surface area contributed by atoms with Crippen LogP contribution in [0.3, 0.4) is 0 Å². The molecule has 0 aliphatic heterocycles. The van der Waals surface area contributed by atoms with Crippen molar-refractivity contribution in [3.8, 4) is 17.0 Å². The number of hydrogen-bond donors (Lipinski definition) is 0. The fraction of sp³-hybridized carbons (Fsp3) is 0.267. The van der Waals surface area contributed by atoms with Crippen molar-refractivity contribution < 1.29 is 4.74 Å². The molecule has 0 saturated carbocycles. The van der Waals surface area contributed by atoms with Crippen molar-refractivity contribution >= 4 is 0 Å². The molecule has 0 atom stereocenters. The summed E-state index contributed by atoms with van der Waals surface area (Å²) in [6.45, 7) is 2.14. The second kappa shape index (κ2) is 3.88. The van der Waals surface area contributed by atoms with Crippen LogP contribution in [-0.4, -0.2) is 12.1 Å². The van der Waals surface area contributed by atoms with Gasteiger partial charge in [-0.1, -0.05) is 6.07 Å². The normalized spacial score (nSPS) is 12.8. The van der Waals surface area contributed by atoms with E-state index < -0.39 is 0 Å². The van der Waals surface area contributed by atoms with E-state index in [1.54, 1.807) is 13.3 Å². The molecule has 85 valence electrons. The van der Waals surface area contributed by atoms with Gasteiger partial charge in [0.15, 0.2) is 0 Å². The Bertz CT molecular complexity index is 575. The van der Waals surface area contributed by atoms with Gasteiger partial charge in [0.1, 0.15) is 0 Å². The Morgan fingerprint density at radius 2 is 2.18 bits per heavy atom. The Morgan fingerprint density at radius 3 is 2.88 bits per heavy atom. The molecule has 1 heterocycles. The topological polar surface area (TPSA) is 22.1 Å². The van der Waals surface area contributed by atoms with Gasteiger partial charge in [0.25, 0.3) is 0 Å². The van der Waals surface area contributed by atoms with Crippen molar-refractivity contribution in [2.24, 2.45) is 0 Å². The lowest BCUT2D eigenvalue weighted by Gasteiger charge is -2.21. The number of ether oxygens (including phenoxy) is 1. The molecule has 0 unspecified atom stereocenters. The summed E-state index contributed by atoms with van der Waals surface area (Å²) in [7, 11) is 1.64. The summed E-state index contributed by atoms with van der Waals surface area (Å²) in [6.07, 6.45) is 4.14. The summed E-state index contributed by atoms with van der Waals surface area (Å²) in [4.78, 5) is 4.13. The molecule has 3 rings (SSSR count). The third-order valence-electron chi connectivity index (χ3n) is 3.33. The minimum absolute atomic E-state index is 0.651. The molecular weight excluding hydrogens is 210 g/mol. The SMILES string of the molecule is COc1cc(-c2[c]c3c(cc2C)CC3)ccn1. The van der Waals surface area contributed by atoms with E-state index in [1.165, 1.54) is 28.7 Å². The van der Waals surface area contributed by atoms with Gasteiger partial charge in [-0.3, -0.25) is 0 Å². The van der Waals surface area contributed by atoms with Gasteiger partial charge in [0.05, 0.1) is 7.11 Å². The first kappa shape index (κ1) is 10.3. The molecule has 0 spiro atoms. The number of aromatic nitrogens is 1. The van der Waals surface area contributed by atoms with E-state index >= 15 is 0 Å². The summed E-state index contributed by atoms with van der Waals surface area (Å²) >= 11 is 0. The van der Waals surface area contributed by atoms with Gasteiger partial charge in [0.2, 0.25) is 5.88 Å². The zero-order chi connectivity index (χ0) is 11.8. The predicted octanol–water partition coefficient (Wildman–Crippen LogP) is 2.96. The van der Waals surface area contributed by atoms with E-state index in [9.17, 15) is 0 Å². The number of methoxy groups -OCH3 is 1. The molecule has 1 aromatic heterocycles. The number of benzene rings is 1. The van der Waals surface area contributed by atoms with Gasteiger partial charge >= 0.3 is 0 Å². The molecule has 1 radical (unpaired) electrons. The van der Waals surface area contributed by atoms with E-state index in [0.29, 0.717) is 5.88 Å². The van der Waals surface area contributed by atoms with Crippen molar-refractivity contribution in [2.75, 3.05) is 7.11 Å². The Hall–Kier alpha value is -1.83. The third-order valence-corrected chi connectivity index (χ3v) is 3.33. The number of pyridine rings is 1. The number of rotatable bonds is 2. The lowest BCUT2D eigenvalue weighted by molar-refractivity contribution is 0.398. The lowest BCUT2D eigenvalue weighted by Crippen LogP contribution is -2.09. The first-order valence-corrected chi connectivity index (χ1v) is 5.83. The van der Waals surface area contributed by atoms with Crippen molar-refractivity contribution in [3.05, 3.63) is 47.2 Å². The summed E-state index contributed by atoms with van der Waals surface area (Å²) in [6, 6.07) is 9.76. The zero-order valence-electron chi connectivity index (χ0n) is 10.1. The highest BCUT2D eigenvalue weighted by Crippen LogP contribution is 2.32. The minimum Gasteiger partial charge on any atom is -0.481 e. The Balaban J connectivity index is 2.11. The molecule has 17 heavy (non-hydrogen) atoms. The molecule has 0 fully saturated rings. The standard InChI is InChI=1S/C15H14NO/c1-10-7-11-3-4-12(11)8-14(10)13-5-6-16-15(9-13)17-2/h5-7,9H,3-4H2,1-2H3. The van der Waals surface area contributed by atoms with Crippen LogP contribution in [-0.2, 0) is 12.8 Å². The monoisotopic (exact) mass is 224 g/mol. The lowest BCUT2D eigenvalue weighted by atomic mass is 9.84. The van der Waals surface area contributed by atoms with E-state index in [2.05, 4.69) is 24.0 Å². The van der Waals surface area contributed by atoms with Crippen molar-refractivity contribution in [2.45, 2.75) is 19.8 Å². The number of hydrogen-bond acceptors (Lipinski definition) is 2. The molecule has 0 saturated heterocycles. The van der Waals surface area contributed by atoms with Crippen LogP contribution in [0.1, 0.15) is 16.7 Å². The van der Waals surface area contributed by atoms with Crippen molar-refractivity contribution in [1.82, 2.24) is 4.98 Å². The second-order valence-corrected chi connectivity index (χ2v) is 4.42. The molecule has 1 aliphatic carbocycles. The van der Waals surface area contributed by atoms with Crippen molar-refractivity contribution in [3.63, 3.8) is 0 Å². The largest absolute Gasteiger partial charge is 0.481 e. The molecule has 0 bridgehead atoms. The fourth-order valence-corrected chi connectivity index (χ4v) is 2.26. The highest BCUT2D eigenvalue weighted by atomic mass is 16.5. The number of nitrogens with zero attached hydrogens (tertiary/aromatic N) is 1. The highest BCUT2D eigenvalue weighted by Gasteiger charge is 2.16. The Labute approximate surface area is 101 Å². The summed E-state index contributed by atoms with van der Waals surface area (Å²) in [5.41, 5.74) is 6.39. The maximum Gasteiger partial charge on any atom is 0.213 e. The van der Waals surface area contributed by atoms with E-state index in [4.69, 9.17) is 4.74 Å². The summed E-state index contributed by atoms with van der Waals surface area (Å²) < 4.78 is 5.16. The quantitative estimate of drug-likeness (QED) is 0.782. The number of aryl methyl sites for hydroxylation is 3. The van der Waals surface area contributed by atoms with Gasteiger partial charge in [-0.15, -0.1) is 0 Å². The van der Waals surface area contributed by atoms with Gasteiger partial charge in [-0.05, 0) is 59.7 Å². The predicted molar refractivity (Wildman–Crippen MR) is 67.2 cm³/mol. The van der Waals surface area contributed by atoms with Crippen LogP contribution in [0.5, 0.6) is 5.88 Å². The molecule has 0 amide bonds. The molecule has 1 aromatic carbocycles. The van der Waals surface area contributed by atoms with Crippen molar-refractivity contribution in [1.29, 1.82) is 0 Å². The fourth-order valence-electron chi connectivity index (χ4n) is 2.26. The molecule has 2 nitrogen and oxygen atoms in total. The Kier molecular flexibility index (Phi) is 2.36. The molecule has 2 heteroatoms. The average molecular weight is 224 g/mol. The van der Waals surface area contributed by atoms with Crippen LogP contribution in [0.15, 0.2) is 24.4 Å². The molecule has 1 aliphatic rings. The van der Waals surface area contributed by atoms with E-state index in [-0.39, 0.29) is 0 Å². The minimum atomic E-state index is 0.651. The third kappa shape index (κ3) is 1.70. The van der Waals surface area contributed by atoms with Crippen LogP contribution in [0.4, 0.5) is 0 Å². The molecular formula is C15H14NO. The van der Waals surface area contributed by atoms with E-state index in [1.807, 2.05) is 12.1 Å². The smallest absolute Gasteiger partial charge is 0.213 e. The van der Waals surface area contributed by atoms with Crippen LogP contribution < -0.4 is 4.74 Å². The maximum atomic E-state index is 5.16.